The predicted octanol–water partition coefficient (Wildman–Crippen LogP) is 9.06. The van der Waals surface area contributed by atoms with Crippen molar-refractivity contribution in [1.29, 1.82) is 0 Å². The molecular formula is C35H39Br3N4. The third-order valence-electron chi connectivity index (χ3n) is 7.67. The monoisotopic (exact) mass is 752 g/mol. The van der Waals surface area contributed by atoms with Crippen LogP contribution in [-0.2, 0) is 32.7 Å². The molecule has 3 aromatic carbocycles. The minimum absolute atomic E-state index is 0.845. The Morgan fingerprint density at radius 1 is 0.476 bits per heavy atom. The fraction of sp³-hybridized carbons (Fsp3) is 0.343. The quantitative estimate of drug-likeness (QED) is 0.196. The van der Waals surface area contributed by atoms with Crippen LogP contribution in [0.1, 0.15) is 47.3 Å². The highest BCUT2D eigenvalue weighted by molar-refractivity contribution is 9.11. The summed E-state index contributed by atoms with van der Waals surface area (Å²) >= 11 is 11.0. The molecule has 4 aromatic rings. The molecule has 0 saturated heterocycles. The van der Waals surface area contributed by atoms with Crippen molar-refractivity contribution in [3.63, 3.8) is 0 Å². The highest BCUT2D eigenvalue weighted by Gasteiger charge is 2.15. The van der Waals surface area contributed by atoms with Gasteiger partial charge in [-0.25, -0.2) is 0 Å². The summed E-state index contributed by atoms with van der Waals surface area (Å²) in [6.07, 6.45) is 3.46. The maximum absolute atomic E-state index is 5.16. The van der Waals surface area contributed by atoms with E-state index < -0.39 is 0 Å². The molecule has 0 spiro atoms. The van der Waals surface area contributed by atoms with Gasteiger partial charge in [-0.3, -0.25) is 19.7 Å². The molecule has 7 heteroatoms. The van der Waals surface area contributed by atoms with E-state index in [1.807, 2.05) is 0 Å². The molecule has 1 aromatic heterocycles. The molecule has 2 heterocycles. The maximum atomic E-state index is 5.16. The Morgan fingerprint density at radius 2 is 0.857 bits per heavy atom. The third kappa shape index (κ3) is 10.4. The van der Waals surface area contributed by atoms with Crippen molar-refractivity contribution in [3.05, 3.63) is 132 Å². The lowest BCUT2D eigenvalue weighted by molar-refractivity contribution is 0.204. The van der Waals surface area contributed by atoms with Gasteiger partial charge >= 0.3 is 0 Å². The Hall–Kier alpha value is -1.87. The Labute approximate surface area is 276 Å². The molecule has 5 rings (SSSR count). The van der Waals surface area contributed by atoms with E-state index in [1.54, 1.807) is 0 Å². The van der Waals surface area contributed by atoms with Gasteiger partial charge in [0, 0.05) is 52.7 Å². The summed E-state index contributed by atoms with van der Waals surface area (Å²) < 4.78 is 3.41. The van der Waals surface area contributed by atoms with E-state index >= 15 is 0 Å². The Bertz CT molecular complexity index is 1430. The number of benzene rings is 3. The van der Waals surface area contributed by atoms with Gasteiger partial charge in [-0.2, -0.15) is 0 Å². The molecule has 0 aliphatic carbocycles. The standard InChI is InChI=1S/C35H39Br3N4/c36-31-11-3-8-28(20-31)23-40-16-1-2-17-41(24-29-9-4-12-32(37)21-29)26-34-14-6-15-35(39-34)27-42(19-7-18-40)25-30-10-5-13-33(38)22-30/h3-6,8-15,20-22H,1-2,7,16-19,23-27H2. The number of rotatable bonds is 6. The zero-order chi connectivity index (χ0) is 29.1. The van der Waals surface area contributed by atoms with E-state index in [-0.39, 0.29) is 0 Å². The van der Waals surface area contributed by atoms with E-state index in [0.717, 1.165) is 96.6 Å². The highest BCUT2D eigenvalue weighted by atomic mass is 79.9. The minimum Gasteiger partial charge on any atom is -0.299 e. The molecule has 1 aliphatic heterocycles. The molecule has 1 aliphatic rings. The van der Waals surface area contributed by atoms with Crippen molar-refractivity contribution in [1.82, 2.24) is 19.7 Å². The molecule has 0 radical (unpaired) electrons. The molecular weight excluding hydrogens is 716 g/mol. The lowest BCUT2D eigenvalue weighted by atomic mass is 10.1. The van der Waals surface area contributed by atoms with Crippen molar-refractivity contribution >= 4 is 47.8 Å². The number of hydrogen-bond donors (Lipinski definition) is 0. The summed E-state index contributed by atoms with van der Waals surface area (Å²) in [5, 5.41) is 0. The average Bonchev–Trinajstić information content (AvgIpc) is 2.95. The molecule has 0 unspecified atom stereocenters. The fourth-order valence-corrected chi connectivity index (χ4v) is 7.07. The molecule has 0 atom stereocenters. The van der Waals surface area contributed by atoms with Crippen LogP contribution in [0.5, 0.6) is 0 Å². The van der Waals surface area contributed by atoms with Crippen LogP contribution >= 0.6 is 47.8 Å². The van der Waals surface area contributed by atoms with Gasteiger partial charge in [-0.15, -0.1) is 0 Å². The number of nitrogens with zero attached hydrogens (tertiary/aromatic N) is 4. The summed E-state index contributed by atoms with van der Waals surface area (Å²) in [6.45, 7) is 8.78. The van der Waals surface area contributed by atoms with Crippen LogP contribution in [0.4, 0.5) is 0 Å². The first-order valence-electron chi connectivity index (χ1n) is 14.8. The first-order valence-corrected chi connectivity index (χ1v) is 17.2. The summed E-state index contributed by atoms with van der Waals surface area (Å²) in [6, 6.07) is 32.7. The summed E-state index contributed by atoms with van der Waals surface area (Å²) in [4.78, 5) is 12.9. The van der Waals surface area contributed by atoms with Gasteiger partial charge in [0.2, 0.25) is 0 Å². The Balaban J connectivity index is 1.37. The van der Waals surface area contributed by atoms with Crippen LogP contribution in [0.2, 0.25) is 0 Å². The van der Waals surface area contributed by atoms with Crippen molar-refractivity contribution in [2.75, 3.05) is 26.2 Å². The first-order chi connectivity index (χ1) is 20.5. The maximum Gasteiger partial charge on any atom is 0.0548 e. The predicted molar refractivity (Wildman–Crippen MR) is 184 cm³/mol. The van der Waals surface area contributed by atoms with Gasteiger partial charge in [0.15, 0.2) is 0 Å². The van der Waals surface area contributed by atoms with E-state index in [4.69, 9.17) is 4.98 Å². The topological polar surface area (TPSA) is 22.6 Å². The van der Waals surface area contributed by atoms with Crippen LogP contribution in [-0.4, -0.2) is 45.9 Å². The van der Waals surface area contributed by atoms with Gasteiger partial charge in [0.05, 0.1) is 11.4 Å². The Morgan fingerprint density at radius 3 is 1.33 bits per heavy atom. The molecule has 42 heavy (non-hydrogen) atoms. The lowest BCUT2D eigenvalue weighted by Crippen LogP contribution is -2.30. The van der Waals surface area contributed by atoms with Crippen LogP contribution in [0.25, 0.3) is 0 Å². The number of aromatic nitrogens is 1. The van der Waals surface area contributed by atoms with E-state index in [2.05, 4.69) is 153 Å². The number of halogens is 3. The fourth-order valence-electron chi connectivity index (χ4n) is 5.73. The molecule has 0 amide bonds. The van der Waals surface area contributed by atoms with Crippen molar-refractivity contribution in [2.24, 2.45) is 0 Å². The van der Waals surface area contributed by atoms with E-state index in [0.29, 0.717) is 0 Å². The minimum atomic E-state index is 0.845. The van der Waals surface area contributed by atoms with Gasteiger partial charge in [0.1, 0.15) is 0 Å². The zero-order valence-corrected chi connectivity index (χ0v) is 28.8. The number of fused-ring (bicyclic) bond motifs is 2. The van der Waals surface area contributed by atoms with Crippen molar-refractivity contribution in [3.8, 4) is 0 Å². The smallest absolute Gasteiger partial charge is 0.0548 e. The number of hydrogen-bond acceptors (Lipinski definition) is 4. The zero-order valence-electron chi connectivity index (χ0n) is 24.1. The van der Waals surface area contributed by atoms with Gasteiger partial charge in [-0.05, 0) is 104 Å². The third-order valence-corrected chi connectivity index (χ3v) is 9.15. The molecule has 0 saturated carbocycles. The van der Waals surface area contributed by atoms with Gasteiger partial charge in [0.25, 0.3) is 0 Å². The van der Waals surface area contributed by atoms with E-state index in [1.165, 1.54) is 23.1 Å². The summed E-state index contributed by atoms with van der Waals surface area (Å²) in [5.74, 6) is 0. The summed E-state index contributed by atoms with van der Waals surface area (Å²) in [7, 11) is 0. The second-order valence-corrected chi connectivity index (χ2v) is 14.0. The number of pyridine rings is 1. The molecule has 0 N–H and O–H groups in total. The van der Waals surface area contributed by atoms with Gasteiger partial charge < -0.3 is 0 Å². The van der Waals surface area contributed by atoms with Crippen LogP contribution < -0.4 is 0 Å². The molecule has 220 valence electrons. The second-order valence-electron chi connectivity index (χ2n) is 11.3. The molecule has 4 nitrogen and oxygen atoms in total. The first kappa shape index (κ1) is 31.6. The Kier molecular flexibility index (Phi) is 12.2. The SMILES string of the molecule is Brc1cccc(CN2CCCCN(Cc3cccc(Br)c3)Cc3cccc(n3)CN(Cc3cccc(Br)c3)CCC2)c1. The van der Waals surface area contributed by atoms with Crippen LogP contribution in [0, 0.1) is 0 Å². The van der Waals surface area contributed by atoms with Crippen molar-refractivity contribution in [2.45, 2.75) is 52.0 Å². The lowest BCUT2D eigenvalue weighted by Gasteiger charge is -2.26. The normalized spacial score (nSPS) is 16.5. The summed E-state index contributed by atoms with van der Waals surface area (Å²) in [5.41, 5.74) is 6.31. The molecule has 2 bridgehead atoms. The van der Waals surface area contributed by atoms with E-state index in [9.17, 15) is 0 Å². The largest absolute Gasteiger partial charge is 0.299 e. The van der Waals surface area contributed by atoms with Crippen LogP contribution in [0.15, 0.2) is 104 Å². The van der Waals surface area contributed by atoms with Crippen molar-refractivity contribution < 1.29 is 0 Å². The average molecular weight is 755 g/mol. The van der Waals surface area contributed by atoms with Gasteiger partial charge in [-0.1, -0.05) is 90.3 Å². The molecule has 0 fully saturated rings. The highest BCUT2D eigenvalue weighted by Crippen LogP contribution is 2.19. The van der Waals surface area contributed by atoms with Crippen LogP contribution in [0.3, 0.4) is 0 Å². The second kappa shape index (κ2) is 16.3.